The van der Waals surface area contributed by atoms with Gasteiger partial charge in [0.25, 0.3) is 0 Å². The summed E-state index contributed by atoms with van der Waals surface area (Å²) in [7, 11) is 2.25. The van der Waals surface area contributed by atoms with Crippen LogP contribution in [-0.4, -0.2) is 30.6 Å². The van der Waals surface area contributed by atoms with Crippen molar-refractivity contribution in [3.05, 3.63) is 0 Å². The van der Waals surface area contributed by atoms with Gasteiger partial charge in [-0.3, -0.25) is 0 Å². The minimum absolute atomic E-state index is 0.358. The van der Waals surface area contributed by atoms with Crippen LogP contribution in [-0.2, 0) is 0 Å². The van der Waals surface area contributed by atoms with E-state index in [0.717, 1.165) is 24.9 Å². The smallest absolute Gasteiger partial charge is 0.0170 e. The molecule has 2 N–H and O–H groups in total. The fourth-order valence-electron chi connectivity index (χ4n) is 2.72. The van der Waals surface area contributed by atoms with Crippen molar-refractivity contribution >= 4 is 0 Å². The molecule has 0 saturated heterocycles. The van der Waals surface area contributed by atoms with Crippen LogP contribution in [0.3, 0.4) is 0 Å². The minimum atomic E-state index is 0.358. The molecular formula is C13H28N2. The highest BCUT2D eigenvalue weighted by molar-refractivity contribution is 4.77. The number of hydrogen-bond acceptors (Lipinski definition) is 2. The van der Waals surface area contributed by atoms with Crippen LogP contribution in [0, 0.1) is 5.92 Å². The summed E-state index contributed by atoms with van der Waals surface area (Å²) >= 11 is 0. The van der Waals surface area contributed by atoms with E-state index in [-0.39, 0.29) is 0 Å². The van der Waals surface area contributed by atoms with Crippen molar-refractivity contribution in [1.29, 1.82) is 0 Å². The molecular weight excluding hydrogens is 184 g/mol. The first kappa shape index (κ1) is 13.0. The standard InChI is InChI=1S/C13H28N2/c1-11(2)9-12(14)10-15(3)13-7-5-4-6-8-13/h11-13H,4-10,14H2,1-3H3. The van der Waals surface area contributed by atoms with Gasteiger partial charge in [0.2, 0.25) is 0 Å². The summed E-state index contributed by atoms with van der Waals surface area (Å²) in [6.45, 7) is 5.57. The van der Waals surface area contributed by atoms with E-state index in [0.29, 0.717) is 6.04 Å². The maximum absolute atomic E-state index is 6.14. The SMILES string of the molecule is CC(C)CC(N)CN(C)C1CCCCC1. The molecule has 0 amide bonds. The zero-order valence-corrected chi connectivity index (χ0v) is 10.7. The molecule has 0 aromatic heterocycles. The number of nitrogens with two attached hydrogens (primary N) is 1. The molecule has 1 unspecified atom stereocenters. The number of likely N-dealkylation sites (N-methyl/N-ethyl adjacent to an activating group) is 1. The molecule has 1 aliphatic rings. The quantitative estimate of drug-likeness (QED) is 0.759. The molecule has 1 saturated carbocycles. The Morgan fingerprint density at radius 1 is 1.20 bits per heavy atom. The van der Waals surface area contributed by atoms with Gasteiger partial charge in [-0.05, 0) is 32.2 Å². The predicted octanol–water partition coefficient (Wildman–Crippen LogP) is 2.62. The number of rotatable bonds is 5. The topological polar surface area (TPSA) is 29.3 Å². The minimum Gasteiger partial charge on any atom is -0.327 e. The molecule has 0 aromatic rings. The second-order valence-electron chi connectivity index (χ2n) is 5.62. The van der Waals surface area contributed by atoms with Crippen LogP contribution in [0.1, 0.15) is 52.4 Å². The average molecular weight is 212 g/mol. The highest BCUT2D eigenvalue weighted by Gasteiger charge is 2.19. The molecule has 1 rings (SSSR count). The summed E-state index contributed by atoms with van der Waals surface area (Å²) in [5.41, 5.74) is 6.14. The lowest BCUT2D eigenvalue weighted by Gasteiger charge is -2.33. The molecule has 1 atom stereocenters. The van der Waals surface area contributed by atoms with Gasteiger partial charge in [-0.25, -0.2) is 0 Å². The van der Waals surface area contributed by atoms with E-state index >= 15 is 0 Å². The highest BCUT2D eigenvalue weighted by Crippen LogP contribution is 2.21. The third-order valence-corrected chi connectivity index (χ3v) is 3.49. The lowest BCUT2D eigenvalue weighted by atomic mass is 9.94. The van der Waals surface area contributed by atoms with Gasteiger partial charge in [-0.2, -0.15) is 0 Å². The summed E-state index contributed by atoms with van der Waals surface area (Å²) in [6.07, 6.45) is 8.16. The Hall–Kier alpha value is -0.0800. The van der Waals surface area contributed by atoms with Gasteiger partial charge < -0.3 is 10.6 Å². The fraction of sp³-hybridized carbons (Fsp3) is 1.00. The van der Waals surface area contributed by atoms with E-state index in [2.05, 4.69) is 25.8 Å². The molecule has 0 bridgehead atoms. The van der Waals surface area contributed by atoms with Crippen LogP contribution in [0.5, 0.6) is 0 Å². The van der Waals surface area contributed by atoms with Crippen LogP contribution in [0.25, 0.3) is 0 Å². The van der Waals surface area contributed by atoms with E-state index in [1.165, 1.54) is 32.1 Å². The molecule has 0 aromatic carbocycles. The largest absolute Gasteiger partial charge is 0.327 e. The second-order valence-corrected chi connectivity index (χ2v) is 5.62. The van der Waals surface area contributed by atoms with Gasteiger partial charge >= 0.3 is 0 Å². The lowest BCUT2D eigenvalue weighted by molar-refractivity contribution is 0.177. The molecule has 1 fully saturated rings. The zero-order valence-electron chi connectivity index (χ0n) is 10.7. The molecule has 90 valence electrons. The van der Waals surface area contributed by atoms with Crippen LogP contribution < -0.4 is 5.73 Å². The summed E-state index contributed by atoms with van der Waals surface area (Å²) < 4.78 is 0. The van der Waals surface area contributed by atoms with Crippen molar-refractivity contribution in [2.24, 2.45) is 11.7 Å². The Morgan fingerprint density at radius 2 is 1.80 bits per heavy atom. The monoisotopic (exact) mass is 212 g/mol. The molecule has 2 heteroatoms. The summed E-state index contributed by atoms with van der Waals surface area (Å²) in [5.74, 6) is 0.722. The van der Waals surface area contributed by atoms with E-state index < -0.39 is 0 Å². The Balaban J connectivity index is 2.23. The summed E-state index contributed by atoms with van der Waals surface area (Å²) in [4.78, 5) is 2.49. The van der Waals surface area contributed by atoms with Gasteiger partial charge in [0.15, 0.2) is 0 Å². The molecule has 0 spiro atoms. The molecule has 0 heterocycles. The predicted molar refractivity (Wildman–Crippen MR) is 66.9 cm³/mol. The molecule has 0 aliphatic heterocycles. The molecule has 2 nitrogen and oxygen atoms in total. The van der Waals surface area contributed by atoms with E-state index in [9.17, 15) is 0 Å². The van der Waals surface area contributed by atoms with Gasteiger partial charge in [-0.15, -0.1) is 0 Å². The van der Waals surface area contributed by atoms with E-state index in [4.69, 9.17) is 5.73 Å². The van der Waals surface area contributed by atoms with Gasteiger partial charge in [-0.1, -0.05) is 33.1 Å². The van der Waals surface area contributed by atoms with Crippen molar-refractivity contribution in [2.75, 3.05) is 13.6 Å². The average Bonchev–Trinajstić information content (AvgIpc) is 2.17. The third kappa shape index (κ3) is 4.98. The maximum atomic E-state index is 6.14. The van der Waals surface area contributed by atoms with Gasteiger partial charge in [0.1, 0.15) is 0 Å². The van der Waals surface area contributed by atoms with Gasteiger partial charge in [0, 0.05) is 18.6 Å². The van der Waals surface area contributed by atoms with Crippen molar-refractivity contribution in [1.82, 2.24) is 4.90 Å². The molecule has 1 aliphatic carbocycles. The normalized spacial score (nSPS) is 21.2. The Bertz CT molecular complexity index is 162. The van der Waals surface area contributed by atoms with Gasteiger partial charge in [0.05, 0.1) is 0 Å². The van der Waals surface area contributed by atoms with E-state index in [1.54, 1.807) is 0 Å². The Morgan fingerprint density at radius 3 is 2.33 bits per heavy atom. The van der Waals surface area contributed by atoms with Crippen LogP contribution >= 0.6 is 0 Å². The first-order valence-corrected chi connectivity index (χ1v) is 6.55. The maximum Gasteiger partial charge on any atom is 0.0170 e. The molecule has 0 radical (unpaired) electrons. The van der Waals surface area contributed by atoms with E-state index in [1.807, 2.05) is 0 Å². The van der Waals surface area contributed by atoms with Crippen LogP contribution in [0.15, 0.2) is 0 Å². The fourth-order valence-corrected chi connectivity index (χ4v) is 2.72. The third-order valence-electron chi connectivity index (χ3n) is 3.49. The first-order valence-electron chi connectivity index (χ1n) is 6.55. The lowest BCUT2D eigenvalue weighted by Crippen LogP contribution is -2.42. The Labute approximate surface area is 95.2 Å². The van der Waals surface area contributed by atoms with Crippen molar-refractivity contribution in [3.63, 3.8) is 0 Å². The zero-order chi connectivity index (χ0) is 11.3. The second kappa shape index (κ2) is 6.49. The summed E-state index contributed by atoms with van der Waals surface area (Å²) in [5, 5.41) is 0. The highest BCUT2D eigenvalue weighted by atomic mass is 15.1. The van der Waals surface area contributed by atoms with Crippen molar-refractivity contribution in [2.45, 2.75) is 64.5 Å². The summed E-state index contributed by atoms with van der Waals surface area (Å²) in [6, 6.07) is 1.16. The van der Waals surface area contributed by atoms with Crippen LogP contribution in [0.4, 0.5) is 0 Å². The van der Waals surface area contributed by atoms with Crippen molar-refractivity contribution in [3.8, 4) is 0 Å². The first-order chi connectivity index (χ1) is 7.09. The number of nitrogens with zero attached hydrogens (tertiary/aromatic N) is 1. The number of hydrogen-bond donors (Lipinski definition) is 1. The van der Waals surface area contributed by atoms with Crippen LogP contribution in [0.2, 0.25) is 0 Å². The van der Waals surface area contributed by atoms with Crippen molar-refractivity contribution < 1.29 is 0 Å². The molecule has 15 heavy (non-hydrogen) atoms. The Kier molecular flexibility index (Phi) is 5.62.